The van der Waals surface area contributed by atoms with Crippen molar-refractivity contribution in [3.8, 4) is 5.75 Å². The maximum Gasteiger partial charge on any atom is 0.417 e. The molecule has 0 atom stereocenters. The van der Waals surface area contributed by atoms with Crippen molar-refractivity contribution in [3.05, 3.63) is 100 Å². The molecule has 4 nitrogen and oxygen atoms in total. The Morgan fingerprint density at radius 1 is 1.00 bits per heavy atom. The van der Waals surface area contributed by atoms with Gasteiger partial charge in [-0.25, -0.2) is 5.43 Å². The maximum absolute atomic E-state index is 13.0. The number of alkyl halides is 3. The Morgan fingerprint density at radius 3 is 2.37 bits per heavy atom. The van der Waals surface area contributed by atoms with Gasteiger partial charge >= 0.3 is 6.18 Å². The number of carbonyl (C=O) groups is 1. The number of hydrogen-bond acceptors (Lipinski definition) is 3. The summed E-state index contributed by atoms with van der Waals surface area (Å²) in [6, 6.07) is 18.5. The standard InChI is InChI=1S/C22H16ClF3N2O2/c23-20-8-4-2-6-17(20)14-30-18-11-9-15(10-12-18)21(29)28-27-13-16-5-1-3-7-19(16)22(24,25)26/h1-13H,14H2,(H,28,29). The van der Waals surface area contributed by atoms with Crippen molar-refractivity contribution in [1.29, 1.82) is 0 Å². The number of halogens is 4. The summed E-state index contributed by atoms with van der Waals surface area (Å²) in [6.45, 7) is 0.272. The van der Waals surface area contributed by atoms with Crippen molar-refractivity contribution in [3.63, 3.8) is 0 Å². The topological polar surface area (TPSA) is 50.7 Å². The minimum Gasteiger partial charge on any atom is -0.489 e. The van der Waals surface area contributed by atoms with Gasteiger partial charge in [0.15, 0.2) is 0 Å². The van der Waals surface area contributed by atoms with Gasteiger partial charge < -0.3 is 4.74 Å². The number of ether oxygens (including phenoxy) is 1. The zero-order chi connectivity index (χ0) is 21.6. The van der Waals surface area contributed by atoms with E-state index < -0.39 is 17.6 Å². The molecule has 0 saturated heterocycles. The van der Waals surface area contributed by atoms with Gasteiger partial charge in [0.25, 0.3) is 5.91 Å². The van der Waals surface area contributed by atoms with Gasteiger partial charge in [-0.1, -0.05) is 48.0 Å². The summed E-state index contributed by atoms with van der Waals surface area (Å²) in [5, 5.41) is 4.23. The summed E-state index contributed by atoms with van der Waals surface area (Å²) >= 11 is 6.08. The second kappa shape index (κ2) is 9.45. The fourth-order valence-electron chi connectivity index (χ4n) is 2.57. The van der Waals surface area contributed by atoms with E-state index in [1.54, 1.807) is 18.2 Å². The average Bonchev–Trinajstić information content (AvgIpc) is 2.73. The second-order valence-electron chi connectivity index (χ2n) is 6.19. The zero-order valence-electron chi connectivity index (χ0n) is 15.5. The van der Waals surface area contributed by atoms with Crippen LogP contribution in [0.1, 0.15) is 27.0 Å². The fraction of sp³-hybridized carbons (Fsp3) is 0.0909. The summed E-state index contributed by atoms with van der Waals surface area (Å²) in [7, 11) is 0. The molecule has 30 heavy (non-hydrogen) atoms. The van der Waals surface area contributed by atoms with Crippen LogP contribution in [-0.4, -0.2) is 12.1 Å². The first-order valence-electron chi connectivity index (χ1n) is 8.80. The van der Waals surface area contributed by atoms with Crippen LogP contribution in [0.5, 0.6) is 5.75 Å². The van der Waals surface area contributed by atoms with Crippen LogP contribution in [0.2, 0.25) is 5.02 Å². The van der Waals surface area contributed by atoms with Gasteiger partial charge in [0.1, 0.15) is 12.4 Å². The summed E-state index contributed by atoms with van der Waals surface area (Å²) < 4.78 is 44.5. The van der Waals surface area contributed by atoms with Gasteiger partial charge in [0.2, 0.25) is 0 Å². The Morgan fingerprint density at radius 2 is 1.67 bits per heavy atom. The molecule has 0 aliphatic heterocycles. The van der Waals surface area contributed by atoms with Crippen LogP contribution >= 0.6 is 11.6 Å². The van der Waals surface area contributed by atoms with Crippen molar-refractivity contribution in [2.45, 2.75) is 12.8 Å². The molecule has 0 aliphatic carbocycles. The van der Waals surface area contributed by atoms with Gasteiger partial charge in [-0.2, -0.15) is 18.3 Å². The number of carbonyl (C=O) groups excluding carboxylic acids is 1. The average molecular weight is 433 g/mol. The molecule has 0 radical (unpaired) electrons. The Kier molecular flexibility index (Phi) is 6.74. The molecule has 8 heteroatoms. The van der Waals surface area contributed by atoms with Crippen LogP contribution in [0.25, 0.3) is 0 Å². The molecule has 3 aromatic rings. The van der Waals surface area contributed by atoms with E-state index in [-0.39, 0.29) is 17.7 Å². The fourth-order valence-corrected chi connectivity index (χ4v) is 2.76. The van der Waals surface area contributed by atoms with E-state index in [9.17, 15) is 18.0 Å². The maximum atomic E-state index is 13.0. The lowest BCUT2D eigenvalue weighted by molar-refractivity contribution is -0.137. The van der Waals surface area contributed by atoms with Crippen LogP contribution in [0.15, 0.2) is 77.9 Å². The van der Waals surface area contributed by atoms with E-state index in [0.717, 1.165) is 17.8 Å². The molecule has 0 unspecified atom stereocenters. The Bertz CT molecular complexity index is 1050. The van der Waals surface area contributed by atoms with Gasteiger partial charge in [-0.05, 0) is 36.4 Å². The van der Waals surface area contributed by atoms with Crippen molar-refractivity contribution >= 4 is 23.7 Å². The highest BCUT2D eigenvalue weighted by atomic mass is 35.5. The number of hydrazone groups is 1. The number of nitrogens with zero attached hydrogens (tertiary/aromatic N) is 1. The molecule has 0 aromatic heterocycles. The van der Waals surface area contributed by atoms with E-state index in [1.165, 1.54) is 30.3 Å². The van der Waals surface area contributed by atoms with Crippen LogP contribution < -0.4 is 10.2 Å². The number of hydrogen-bond donors (Lipinski definition) is 1. The largest absolute Gasteiger partial charge is 0.489 e. The summed E-state index contributed by atoms with van der Waals surface area (Å²) in [6.07, 6.45) is -3.55. The Balaban J connectivity index is 1.59. The van der Waals surface area contributed by atoms with Gasteiger partial charge in [-0.3, -0.25) is 4.79 Å². The Labute approximate surface area is 175 Å². The number of rotatable bonds is 6. The first-order valence-corrected chi connectivity index (χ1v) is 9.18. The molecular weight excluding hydrogens is 417 g/mol. The number of benzene rings is 3. The highest BCUT2D eigenvalue weighted by Crippen LogP contribution is 2.31. The van der Waals surface area contributed by atoms with Crippen LogP contribution in [0.4, 0.5) is 13.2 Å². The third-order valence-corrected chi connectivity index (χ3v) is 4.47. The SMILES string of the molecule is O=C(NN=Cc1ccccc1C(F)(F)F)c1ccc(OCc2ccccc2Cl)cc1. The van der Waals surface area contributed by atoms with Crippen molar-refractivity contribution in [1.82, 2.24) is 5.43 Å². The molecule has 3 rings (SSSR count). The van der Waals surface area contributed by atoms with Crippen molar-refractivity contribution in [2.24, 2.45) is 5.10 Å². The smallest absolute Gasteiger partial charge is 0.417 e. The molecule has 1 N–H and O–H groups in total. The molecule has 1 amide bonds. The minimum absolute atomic E-state index is 0.145. The predicted octanol–water partition coefficient (Wildman–Crippen LogP) is 5.70. The van der Waals surface area contributed by atoms with E-state index in [4.69, 9.17) is 16.3 Å². The summed E-state index contributed by atoms with van der Waals surface area (Å²) in [5.74, 6) is -0.0255. The number of amides is 1. The molecule has 0 aliphatic rings. The van der Waals surface area contributed by atoms with Gasteiger partial charge in [0.05, 0.1) is 11.8 Å². The van der Waals surface area contributed by atoms with Crippen LogP contribution in [0, 0.1) is 0 Å². The molecule has 0 saturated carbocycles. The van der Waals surface area contributed by atoms with E-state index in [2.05, 4.69) is 10.5 Å². The molecule has 0 heterocycles. The quantitative estimate of drug-likeness (QED) is 0.401. The molecule has 154 valence electrons. The van der Waals surface area contributed by atoms with E-state index in [0.29, 0.717) is 10.8 Å². The van der Waals surface area contributed by atoms with Crippen molar-refractivity contribution in [2.75, 3.05) is 0 Å². The van der Waals surface area contributed by atoms with Crippen molar-refractivity contribution < 1.29 is 22.7 Å². The second-order valence-corrected chi connectivity index (χ2v) is 6.60. The lowest BCUT2D eigenvalue weighted by Gasteiger charge is -2.09. The normalized spacial score (nSPS) is 11.5. The highest BCUT2D eigenvalue weighted by molar-refractivity contribution is 6.31. The minimum atomic E-state index is -4.51. The summed E-state index contributed by atoms with van der Waals surface area (Å²) in [5.41, 5.74) is 2.35. The third-order valence-electron chi connectivity index (χ3n) is 4.10. The zero-order valence-corrected chi connectivity index (χ0v) is 16.2. The lowest BCUT2D eigenvalue weighted by Crippen LogP contribution is -2.18. The molecular formula is C22H16ClF3N2O2. The van der Waals surface area contributed by atoms with Gasteiger partial charge in [0, 0.05) is 21.7 Å². The van der Waals surface area contributed by atoms with E-state index in [1.807, 2.05) is 18.2 Å². The van der Waals surface area contributed by atoms with Gasteiger partial charge in [-0.15, -0.1) is 0 Å². The first kappa shape index (κ1) is 21.4. The summed E-state index contributed by atoms with van der Waals surface area (Å²) in [4.78, 5) is 12.1. The Hall–Kier alpha value is -3.32. The van der Waals surface area contributed by atoms with Crippen LogP contribution in [-0.2, 0) is 12.8 Å². The first-order chi connectivity index (χ1) is 14.3. The highest BCUT2D eigenvalue weighted by Gasteiger charge is 2.32. The third kappa shape index (κ3) is 5.61. The number of nitrogens with one attached hydrogen (secondary N) is 1. The molecule has 3 aromatic carbocycles. The van der Waals surface area contributed by atoms with Crippen LogP contribution in [0.3, 0.4) is 0 Å². The molecule has 0 fully saturated rings. The predicted molar refractivity (Wildman–Crippen MR) is 109 cm³/mol. The van der Waals surface area contributed by atoms with E-state index >= 15 is 0 Å². The lowest BCUT2D eigenvalue weighted by atomic mass is 10.1. The molecule has 0 bridgehead atoms. The molecule has 0 spiro atoms. The monoisotopic (exact) mass is 432 g/mol.